The second kappa shape index (κ2) is 6.51. The lowest BCUT2D eigenvalue weighted by Crippen LogP contribution is -2.85. The normalized spacial score (nSPS) is 31.1. The Bertz CT molecular complexity index is 1350. The number of nitrogens with one attached hydrogen (secondary N) is 1. The van der Waals surface area contributed by atoms with E-state index < -0.39 is 11.1 Å². The molecule has 2 amide bonds. The van der Waals surface area contributed by atoms with Crippen molar-refractivity contribution in [1.82, 2.24) is 14.9 Å². The van der Waals surface area contributed by atoms with Crippen LogP contribution in [0, 0.1) is 5.92 Å². The number of hydrogen-bond acceptors (Lipinski definition) is 3. The molecule has 1 aromatic heterocycles. The van der Waals surface area contributed by atoms with Crippen molar-refractivity contribution in [2.24, 2.45) is 5.92 Å². The summed E-state index contributed by atoms with van der Waals surface area (Å²) in [6.45, 7) is 5.39. The number of hydrogen-bond donors (Lipinski definition) is 1. The molecule has 3 aromatic rings. The predicted octanol–water partition coefficient (Wildman–Crippen LogP) is 4.10. The van der Waals surface area contributed by atoms with Crippen molar-refractivity contribution in [3.8, 4) is 0 Å². The fourth-order valence-electron chi connectivity index (χ4n) is 7.57. The molecule has 0 saturated carbocycles. The zero-order valence-electron chi connectivity index (χ0n) is 19.6. The Morgan fingerprint density at radius 1 is 1.03 bits per heavy atom. The lowest BCUT2D eigenvalue weighted by atomic mass is 9.51. The Hall–Kier alpha value is -3.12. The van der Waals surface area contributed by atoms with Gasteiger partial charge in [0.1, 0.15) is 12.1 Å². The van der Waals surface area contributed by atoms with E-state index in [-0.39, 0.29) is 29.8 Å². The van der Waals surface area contributed by atoms with E-state index in [0.717, 1.165) is 28.5 Å². The number of carbonyl (C=O) groups excluding carboxylic acids is 2. The van der Waals surface area contributed by atoms with Crippen LogP contribution in [0.25, 0.3) is 10.9 Å². The second-order valence-corrected chi connectivity index (χ2v) is 11.1. The largest absolute Gasteiger partial charge is 0.358 e. The molecule has 2 aromatic carbocycles. The molecule has 174 valence electrons. The molecule has 3 atom stereocenters. The first-order chi connectivity index (χ1) is 16.4. The van der Waals surface area contributed by atoms with Gasteiger partial charge in [0.15, 0.2) is 5.54 Å². The minimum atomic E-state index is -1.03. The van der Waals surface area contributed by atoms with Gasteiger partial charge in [-0.25, -0.2) is 5.06 Å². The third-order valence-corrected chi connectivity index (χ3v) is 9.15. The first kappa shape index (κ1) is 20.3. The van der Waals surface area contributed by atoms with Crippen molar-refractivity contribution in [3.63, 3.8) is 0 Å². The summed E-state index contributed by atoms with van der Waals surface area (Å²) < 4.78 is 0. The molecular weight excluding hydrogens is 426 g/mol. The summed E-state index contributed by atoms with van der Waals surface area (Å²) in [7, 11) is 0. The van der Waals surface area contributed by atoms with E-state index in [4.69, 9.17) is 4.84 Å². The number of H-pyrrole nitrogens is 1. The van der Waals surface area contributed by atoms with E-state index in [1.165, 1.54) is 5.69 Å². The molecular formula is C28H29N3O3. The number of piperazine rings is 1. The van der Waals surface area contributed by atoms with Gasteiger partial charge in [-0.05, 0) is 36.5 Å². The van der Waals surface area contributed by atoms with Crippen molar-refractivity contribution in [2.45, 2.75) is 62.6 Å². The van der Waals surface area contributed by atoms with Crippen LogP contribution < -0.4 is 0 Å². The number of fused-ring (bicyclic) bond motifs is 4. The SMILES string of the molecule is CC1(C)c2[nH]c3ccccc3c2C[C@]23C(=O)N4CCC[C@@]4(C[C@@H]12)C(=O)N3OCc1ccccc1. The molecule has 0 unspecified atom stereocenters. The number of nitrogens with zero attached hydrogens (tertiary/aromatic N) is 2. The highest BCUT2D eigenvalue weighted by molar-refractivity contribution is 6.05. The van der Waals surface area contributed by atoms with Gasteiger partial charge in [0.05, 0.1) is 0 Å². The van der Waals surface area contributed by atoms with E-state index in [0.29, 0.717) is 25.8 Å². The number of rotatable bonds is 3. The van der Waals surface area contributed by atoms with E-state index in [1.807, 2.05) is 47.4 Å². The van der Waals surface area contributed by atoms with E-state index >= 15 is 0 Å². The molecule has 1 aliphatic carbocycles. The summed E-state index contributed by atoms with van der Waals surface area (Å²) in [6, 6.07) is 18.2. The maximum Gasteiger partial charge on any atom is 0.273 e. The fraction of sp³-hybridized carbons (Fsp3) is 0.429. The highest BCUT2D eigenvalue weighted by atomic mass is 16.7. The summed E-state index contributed by atoms with van der Waals surface area (Å²) in [5, 5.41) is 2.68. The van der Waals surface area contributed by atoms with Gasteiger partial charge in [-0.15, -0.1) is 0 Å². The second-order valence-electron chi connectivity index (χ2n) is 11.1. The van der Waals surface area contributed by atoms with Crippen LogP contribution in [-0.2, 0) is 32.9 Å². The molecule has 2 spiro atoms. The lowest BCUT2D eigenvalue weighted by Gasteiger charge is -2.66. The van der Waals surface area contributed by atoms with Crippen molar-refractivity contribution in [1.29, 1.82) is 0 Å². The summed E-state index contributed by atoms with van der Waals surface area (Å²) in [5.41, 5.74) is 2.28. The highest BCUT2D eigenvalue weighted by Gasteiger charge is 2.76. The number of hydroxylamine groups is 2. The molecule has 6 nitrogen and oxygen atoms in total. The van der Waals surface area contributed by atoms with Crippen LogP contribution in [0.4, 0.5) is 0 Å². The maximum absolute atomic E-state index is 14.4. The number of piperidine rings is 2. The molecule has 4 aliphatic heterocycles. The van der Waals surface area contributed by atoms with Crippen LogP contribution in [0.2, 0.25) is 0 Å². The lowest BCUT2D eigenvalue weighted by molar-refractivity contribution is -0.283. The van der Waals surface area contributed by atoms with Crippen LogP contribution in [-0.4, -0.2) is 44.4 Å². The van der Waals surface area contributed by atoms with E-state index in [2.05, 4.69) is 31.0 Å². The molecule has 1 N–H and O–H groups in total. The van der Waals surface area contributed by atoms with Gasteiger partial charge in [-0.3, -0.25) is 14.4 Å². The van der Waals surface area contributed by atoms with Gasteiger partial charge in [-0.1, -0.05) is 62.4 Å². The van der Waals surface area contributed by atoms with Gasteiger partial charge < -0.3 is 9.88 Å². The maximum atomic E-state index is 14.4. The minimum Gasteiger partial charge on any atom is -0.358 e. The molecule has 4 saturated heterocycles. The van der Waals surface area contributed by atoms with Crippen LogP contribution >= 0.6 is 0 Å². The van der Waals surface area contributed by atoms with Crippen LogP contribution in [0.15, 0.2) is 54.6 Å². The fourth-order valence-corrected chi connectivity index (χ4v) is 7.57. The molecule has 34 heavy (non-hydrogen) atoms. The monoisotopic (exact) mass is 455 g/mol. The number of carbonyl (C=O) groups is 2. The van der Waals surface area contributed by atoms with E-state index in [9.17, 15) is 9.59 Å². The van der Waals surface area contributed by atoms with Gasteiger partial charge in [0, 0.05) is 40.9 Å². The van der Waals surface area contributed by atoms with Crippen LogP contribution in [0.5, 0.6) is 0 Å². The molecule has 8 rings (SSSR count). The summed E-state index contributed by atoms with van der Waals surface area (Å²) in [5.74, 6) is 0.00433. The molecule has 4 fully saturated rings. The molecule has 0 radical (unpaired) electrons. The Kier molecular flexibility index (Phi) is 3.88. The van der Waals surface area contributed by atoms with Gasteiger partial charge in [0.2, 0.25) is 0 Å². The first-order valence-corrected chi connectivity index (χ1v) is 12.3. The smallest absolute Gasteiger partial charge is 0.273 e. The molecule has 2 bridgehead atoms. The predicted molar refractivity (Wildman–Crippen MR) is 128 cm³/mol. The average Bonchev–Trinajstić information content (AvgIpc) is 3.44. The third kappa shape index (κ3) is 2.25. The van der Waals surface area contributed by atoms with Crippen molar-refractivity contribution >= 4 is 22.7 Å². The number of benzene rings is 2. The Labute approximate surface area is 198 Å². The first-order valence-electron chi connectivity index (χ1n) is 12.3. The number of aromatic nitrogens is 1. The van der Waals surface area contributed by atoms with E-state index in [1.54, 1.807) is 5.06 Å². The topological polar surface area (TPSA) is 65.6 Å². The minimum absolute atomic E-state index is 0.0316. The van der Waals surface area contributed by atoms with Crippen LogP contribution in [0.1, 0.15) is 49.9 Å². The highest BCUT2D eigenvalue weighted by Crippen LogP contribution is 2.62. The molecule has 5 aliphatic rings. The van der Waals surface area contributed by atoms with Crippen molar-refractivity contribution in [2.75, 3.05) is 6.54 Å². The quantitative estimate of drug-likeness (QED) is 0.647. The van der Waals surface area contributed by atoms with Gasteiger partial charge in [-0.2, -0.15) is 0 Å². The Balaban J connectivity index is 1.43. The van der Waals surface area contributed by atoms with Crippen LogP contribution in [0.3, 0.4) is 0 Å². The number of aromatic amines is 1. The summed E-state index contributed by atoms with van der Waals surface area (Å²) in [4.78, 5) is 40.5. The molecule has 5 heterocycles. The summed E-state index contributed by atoms with van der Waals surface area (Å²) >= 11 is 0. The van der Waals surface area contributed by atoms with Gasteiger partial charge >= 0.3 is 0 Å². The summed E-state index contributed by atoms with van der Waals surface area (Å²) in [6.07, 6.45) is 2.75. The van der Waals surface area contributed by atoms with Crippen molar-refractivity contribution in [3.05, 3.63) is 71.4 Å². The number of amides is 2. The van der Waals surface area contributed by atoms with Gasteiger partial charge in [0.25, 0.3) is 11.8 Å². The standard InChI is InChI=1S/C28H29N3O3/c1-26(2)22-16-27-13-8-14-30(27)25(33)28(22,15-20-19-11-6-7-12-21(19)29-23(20)26)31(24(27)32)34-17-18-9-4-3-5-10-18/h3-7,9-12,22,29H,8,13-17H2,1-2H3/t22-,27+,28+/m0/s1. The zero-order valence-corrected chi connectivity index (χ0v) is 19.6. The Morgan fingerprint density at radius 2 is 1.79 bits per heavy atom. The average molecular weight is 456 g/mol. The molecule has 6 heteroatoms. The number of para-hydroxylation sites is 1. The Morgan fingerprint density at radius 3 is 2.62 bits per heavy atom. The zero-order chi connectivity index (χ0) is 23.3. The van der Waals surface area contributed by atoms with Crippen molar-refractivity contribution < 1.29 is 14.4 Å². The third-order valence-electron chi connectivity index (χ3n) is 9.15.